The first-order valence-corrected chi connectivity index (χ1v) is 12.3. The third-order valence-corrected chi connectivity index (χ3v) is 6.98. The van der Waals surface area contributed by atoms with Gasteiger partial charge < -0.3 is 14.0 Å². The molecule has 0 fully saturated rings. The first-order valence-electron chi connectivity index (χ1n) is 11.4. The van der Waals surface area contributed by atoms with Crippen molar-refractivity contribution in [3.63, 3.8) is 0 Å². The number of carbonyl (C=O) groups excluding carboxylic acids is 1. The highest BCUT2D eigenvalue weighted by molar-refractivity contribution is 7.99. The molecule has 2 aromatic carbocycles. The highest BCUT2D eigenvalue weighted by atomic mass is 32.2. The van der Waals surface area contributed by atoms with Gasteiger partial charge in [-0.05, 0) is 51.1 Å². The van der Waals surface area contributed by atoms with E-state index in [1.54, 1.807) is 32.4 Å². The predicted molar refractivity (Wildman–Crippen MR) is 139 cm³/mol. The van der Waals surface area contributed by atoms with Crippen LogP contribution in [0.25, 0.3) is 16.6 Å². The van der Waals surface area contributed by atoms with Gasteiger partial charge in [0.15, 0.2) is 10.9 Å². The highest BCUT2D eigenvalue weighted by Crippen LogP contribution is 2.28. The van der Waals surface area contributed by atoms with Crippen molar-refractivity contribution in [3.8, 4) is 11.4 Å². The Hall–Kier alpha value is -3.36. The van der Waals surface area contributed by atoms with Crippen LogP contribution < -0.4 is 10.3 Å². The molecule has 0 saturated carbocycles. The maximum Gasteiger partial charge on any atom is 0.266 e. The summed E-state index contributed by atoms with van der Waals surface area (Å²) in [7, 11) is 3.24. The molecule has 4 aromatic rings. The molecule has 2 heterocycles. The lowest BCUT2D eigenvalue weighted by atomic mass is 10.2. The minimum Gasteiger partial charge on any atom is -0.495 e. The van der Waals surface area contributed by atoms with Crippen molar-refractivity contribution in [2.45, 2.75) is 32.0 Å². The van der Waals surface area contributed by atoms with Crippen molar-refractivity contribution in [2.24, 2.45) is 0 Å². The van der Waals surface area contributed by atoms with Gasteiger partial charge in [0.05, 0.1) is 42.1 Å². The minimum atomic E-state index is -0.207. The Balaban J connectivity index is 1.73. The van der Waals surface area contributed by atoms with E-state index in [1.165, 1.54) is 16.3 Å². The molecule has 2 aromatic heterocycles. The number of rotatable bonds is 9. The van der Waals surface area contributed by atoms with Crippen molar-refractivity contribution in [1.82, 2.24) is 14.1 Å². The van der Waals surface area contributed by atoms with Crippen LogP contribution in [0.4, 0.5) is 0 Å². The van der Waals surface area contributed by atoms with Gasteiger partial charge >= 0.3 is 0 Å². The fraction of sp³-hybridized carbons (Fsp3) is 0.296. The van der Waals surface area contributed by atoms with Gasteiger partial charge in [-0.2, -0.15) is 0 Å². The summed E-state index contributed by atoms with van der Waals surface area (Å²) < 4.78 is 14.5. The van der Waals surface area contributed by atoms with E-state index >= 15 is 0 Å². The normalized spacial score (nSPS) is 12.1. The molecule has 0 aliphatic heterocycles. The van der Waals surface area contributed by atoms with Gasteiger partial charge in [0.1, 0.15) is 5.75 Å². The molecule has 8 heteroatoms. The maximum absolute atomic E-state index is 13.5. The van der Waals surface area contributed by atoms with Crippen molar-refractivity contribution in [3.05, 3.63) is 81.9 Å². The molecule has 0 amide bonds. The van der Waals surface area contributed by atoms with Crippen molar-refractivity contribution < 1.29 is 14.3 Å². The number of ketones is 1. The third kappa shape index (κ3) is 4.76. The summed E-state index contributed by atoms with van der Waals surface area (Å²) in [5.41, 5.74) is 3.55. The lowest BCUT2D eigenvalue weighted by Crippen LogP contribution is -2.22. The van der Waals surface area contributed by atoms with E-state index in [-0.39, 0.29) is 23.1 Å². The standard InChI is InChI=1S/C27H29N3O4S/c1-17-14-21(19(3)29(17)18(2)15-33-4)24(31)16-35-27-28-22-11-7-6-10-20(22)26(32)30(27)23-12-8-9-13-25(23)34-5/h6-14,18H,15-16H2,1-5H3/t18-/m0/s1. The zero-order chi connectivity index (χ0) is 25.1. The van der Waals surface area contributed by atoms with E-state index in [9.17, 15) is 9.59 Å². The Bertz CT molecular complexity index is 1440. The largest absolute Gasteiger partial charge is 0.495 e. The molecule has 182 valence electrons. The fourth-order valence-corrected chi connectivity index (χ4v) is 5.39. The van der Waals surface area contributed by atoms with Gasteiger partial charge in [0.2, 0.25) is 0 Å². The Morgan fingerprint density at radius 3 is 2.54 bits per heavy atom. The Morgan fingerprint density at radius 2 is 1.80 bits per heavy atom. The van der Waals surface area contributed by atoms with Gasteiger partial charge in [0, 0.05) is 24.1 Å². The van der Waals surface area contributed by atoms with Crippen LogP contribution in [0.5, 0.6) is 5.75 Å². The number of methoxy groups -OCH3 is 2. The van der Waals surface area contributed by atoms with Crippen molar-refractivity contribution >= 4 is 28.4 Å². The zero-order valence-corrected chi connectivity index (χ0v) is 21.4. The Kier molecular flexibility index (Phi) is 7.42. The molecule has 0 unspecified atom stereocenters. The molecule has 0 N–H and O–H groups in total. The number of carbonyl (C=O) groups is 1. The molecule has 0 saturated heterocycles. The number of aromatic nitrogens is 3. The lowest BCUT2D eigenvalue weighted by molar-refractivity contribution is 0.102. The molecule has 0 spiro atoms. The van der Waals surface area contributed by atoms with E-state index in [4.69, 9.17) is 14.5 Å². The fourth-order valence-electron chi connectivity index (χ4n) is 4.50. The molecule has 0 radical (unpaired) electrons. The Morgan fingerprint density at radius 1 is 1.09 bits per heavy atom. The molecule has 4 rings (SSSR count). The number of fused-ring (bicyclic) bond motifs is 1. The SMILES string of the molecule is COC[C@H](C)n1c(C)cc(C(=O)CSc2nc3ccccc3c(=O)n2-c2ccccc2OC)c1C. The van der Waals surface area contributed by atoms with Crippen LogP contribution >= 0.6 is 11.8 Å². The average molecular weight is 492 g/mol. The summed E-state index contributed by atoms with van der Waals surface area (Å²) >= 11 is 1.25. The van der Waals surface area contributed by atoms with Gasteiger partial charge in [-0.3, -0.25) is 14.2 Å². The van der Waals surface area contributed by atoms with E-state index in [1.807, 2.05) is 50.2 Å². The van der Waals surface area contributed by atoms with E-state index < -0.39 is 0 Å². The summed E-state index contributed by atoms with van der Waals surface area (Å²) in [5.74, 6) is 0.673. The smallest absolute Gasteiger partial charge is 0.266 e. The maximum atomic E-state index is 13.5. The number of para-hydroxylation sites is 3. The summed E-state index contributed by atoms with van der Waals surface area (Å²) in [6.45, 7) is 6.58. The molecule has 0 bridgehead atoms. The second-order valence-electron chi connectivity index (χ2n) is 8.39. The van der Waals surface area contributed by atoms with E-state index in [2.05, 4.69) is 11.5 Å². The molecule has 7 nitrogen and oxygen atoms in total. The van der Waals surface area contributed by atoms with Gasteiger partial charge in [0.25, 0.3) is 5.56 Å². The molecular weight excluding hydrogens is 462 g/mol. The molecule has 0 aliphatic carbocycles. The monoisotopic (exact) mass is 491 g/mol. The predicted octanol–water partition coefficient (Wildman–Crippen LogP) is 5.00. The Labute approximate surface area is 208 Å². The summed E-state index contributed by atoms with van der Waals surface area (Å²) in [6.07, 6.45) is 0. The number of benzene rings is 2. The van der Waals surface area contributed by atoms with Gasteiger partial charge in [-0.25, -0.2) is 4.98 Å². The summed E-state index contributed by atoms with van der Waals surface area (Å²) in [6, 6.07) is 16.6. The van der Waals surface area contributed by atoms with Crippen LogP contribution in [0.1, 0.15) is 34.7 Å². The van der Waals surface area contributed by atoms with Crippen LogP contribution in [-0.2, 0) is 4.74 Å². The quantitative estimate of drug-likeness (QED) is 0.186. The van der Waals surface area contributed by atoms with Crippen molar-refractivity contribution in [2.75, 3.05) is 26.6 Å². The number of thioether (sulfide) groups is 1. The van der Waals surface area contributed by atoms with Crippen LogP contribution in [0.2, 0.25) is 0 Å². The van der Waals surface area contributed by atoms with Crippen LogP contribution in [0, 0.1) is 13.8 Å². The van der Waals surface area contributed by atoms with Crippen LogP contribution in [-0.4, -0.2) is 46.5 Å². The second kappa shape index (κ2) is 10.5. The lowest BCUT2D eigenvalue weighted by Gasteiger charge is -2.17. The van der Waals surface area contributed by atoms with E-state index in [0.717, 1.165) is 11.4 Å². The molecular formula is C27H29N3O4S. The van der Waals surface area contributed by atoms with Gasteiger partial charge in [-0.1, -0.05) is 36.0 Å². The van der Waals surface area contributed by atoms with Gasteiger partial charge in [-0.15, -0.1) is 0 Å². The number of Topliss-reactive ketones (excluding diaryl/α,β-unsaturated/α-hetero) is 1. The third-order valence-electron chi connectivity index (χ3n) is 6.04. The number of hydrogen-bond acceptors (Lipinski definition) is 6. The topological polar surface area (TPSA) is 75.4 Å². The molecule has 1 atom stereocenters. The first-order chi connectivity index (χ1) is 16.9. The van der Waals surface area contributed by atoms with Crippen LogP contribution in [0.3, 0.4) is 0 Å². The molecule has 0 aliphatic rings. The second-order valence-corrected chi connectivity index (χ2v) is 9.34. The number of aryl methyl sites for hydroxylation is 1. The highest BCUT2D eigenvalue weighted by Gasteiger charge is 2.21. The van der Waals surface area contributed by atoms with Crippen LogP contribution in [0.15, 0.2) is 64.5 Å². The average Bonchev–Trinajstić information content (AvgIpc) is 3.16. The number of ether oxygens (including phenoxy) is 2. The minimum absolute atomic E-state index is 0.0204. The number of nitrogens with zero attached hydrogens (tertiary/aromatic N) is 3. The molecule has 35 heavy (non-hydrogen) atoms. The zero-order valence-electron chi connectivity index (χ0n) is 20.6. The number of hydrogen-bond donors (Lipinski definition) is 0. The van der Waals surface area contributed by atoms with Crippen molar-refractivity contribution in [1.29, 1.82) is 0 Å². The van der Waals surface area contributed by atoms with E-state index in [0.29, 0.717) is 39.7 Å². The summed E-state index contributed by atoms with van der Waals surface area (Å²) in [4.78, 5) is 31.6. The first kappa shape index (κ1) is 24.8. The summed E-state index contributed by atoms with van der Waals surface area (Å²) in [5, 5.41) is 0.942.